The number of carbonyl (C=O) groups is 1. The van der Waals surface area contributed by atoms with Gasteiger partial charge >= 0.3 is 6.18 Å². The molecule has 1 amide bonds. The second kappa shape index (κ2) is 12.9. The molecule has 11 heteroatoms. The monoisotopic (exact) mass is 566 g/mol. The van der Waals surface area contributed by atoms with Gasteiger partial charge in [-0.25, -0.2) is 0 Å². The molecule has 0 saturated carbocycles. The van der Waals surface area contributed by atoms with Crippen molar-refractivity contribution in [2.45, 2.75) is 13.1 Å². The largest absolute Gasteiger partial charge is 0.417 e. The molecule has 0 unspecified atom stereocenters. The number of nitrogens with two attached hydrogens (primary N) is 1. The maximum Gasteiger partial charge on any atom is 0.417 e. The molecule has 0 radical (unpaired) electrons. The average molecular weight is 567 g/mol. The minimum absolute atomic E-state index is 0.0399. The van der Waals surface area contributed by atoms with Gasteiger partial charge in [0.15, 0.2) is 5.49 Å². The first kappa shape index (κ1) is 29.8. The van der Waals surface area contributed by atoms with Crippen LogP contribution in [-0.4, -0.2) is 30.8 Å². The predicted molar refractivity (Wildman–Crippen MR) is 154 cm³/mol. The van der Waals surface area contributed by atoms with Gasteiger partial charge in [-0.3, -0.25) is 19.3 Å². The van der Waals surface area contributed by atoms with Gasteiger partial charge in [0, 0.05) is 49.5 Å². The van der Waals surface area contributed by atoms with E-state index in [-0.39, 0.29) is 11.3 Å². The van der Waals surface area contributed by atoms with E-state index in [1.807, 2.05) is 13.0 Å². The van der Waals surface area contributed by atoms with Crippen LogP contribution < -0.4 is 21.9 Å². The van der Waals surface area contributed by atoms with Crippen LogP contribution >= 0.6 is 11.6 Å². The normalized spacial score (nSPS) is 12.2. The maximum atomic E-state index is 13.2. The number of alkyl halides is 3. The molecule has 0 atom stereocenters. The number of aliphatic imine (C=N–C) groups is 1. The Bertz CT molecular complexity index is 1640. The van der Waals surface area contributed by atoms with Crippen LogP contribution in [0.15, 0.2) is 83.2 Å². The molecule has 0 fully saturated rings. The van der Waals surface area contributed by atoms with Gasteiger partial charge in [0.25, 0.3) is 5.91 Å². The fourth-order valence-electron chi connectivity index (χ4n) is 3.58. The highest BCUT2D eigenvalue weighted by Gasteiger charge is 2.33. The first-order valence-electron chi connectivity index (χ1n) is 11.7. The van der Waals surface area contributed by atoms with Crippen molar-refractivity contribution in [3.63, 3.8) is 0 Å². The van der Waals surface area contributed by atoms with Crippen molar-refractivity contribution >= 4 is 40.8 Å². The van der Waals surface area contributed by atoms with Gasteiger partial charge in [-0.15, -0.1) is 0 Å². The van der Waals surface area contributed by atoms with Crippen LogP contribution in [0.5, 0.6) is 0 Å². The van der Waals surface area contributed by atoms with Crippen LogP contribution in [0.2, 0.25) is 5.02 Å². The molecule has 1 heterocycles. The summed E-state index contributed by atoms with van der Waals surface area (Å²) in [5, 5.41) is 5.17. The zero-order valence-electron chi connectivity index (χ0n) is 21.9. The Morgan fingerprint density at radius 2 is 1.90 bits per heavy atom. The first-order valence-corrected chi connectivity index (χ1v) is 12.1. The van der Waals surface area contributed by atoms with Gasteiger partial charge in [0.2, 0.25) is 0 Å². The van der Waals surface area contributed by atoms with E-state index in [1.165, 1.54) is 12.3 Å². The summed E-state index contributed by atoms with van der Waals surface area (Å²) < 4.78 is 41.3. The minimum Gasteiger partial charge on any atom is -0.403 e. The summed E-state index contributed by atoms with van der Waals surface area (Å²) >= 11 is 5.67. The van der Waals surface area contributed by atoms with E-state index >= 15 is 0 Å². The number of hydrogen-bond acceptors (Lipinski definition) is 5. The van der Waals surface area contributed by atoms with Crippen LogP contribution in [0.4, 0.5) is 24.5 Å². The number of rotatable bonds is 6. The third-order valence-electron chi connectivity index (χ3n) is 5.57. The summed E-state index contributed by atoms with van der Waals surface area (Å²) in [4.78, 5) is 21.1. The third kappa shape index (κ3) is 7.21. The van der Waals surface area contributed by atoms with Crippen LogP contribution in [0.3, 0.4) is 0 Å². The van der Waals surface area contributed by atoms with Crippen molar-refractivity contribution in [3.05, 3.63) is 106 Å². The number of nitrogens with one attached hydrogen (secondary N) is 2. The Morgan fingerprint density at radius 1 is 1.15 bits per heavy atom. The Morgan fingerprint density at radius 3 is 2.55 bits per heavy atom. The Hall–Kier alpha value is -4.75. The lowest BCUT2D eigenvalue weighted by molar-refractivity contribution is -0.137. The molecule has 0 saturated heterocycles. The van der Waals surface area contributed by atoms with E-state index in [2.05, 4.69) is 39.0 Å². The maximum absolute atomic E-state index is 13.2. The highest BCUT2D eigenvalue weighted by atomic mass is 35.5. The van der Waals surface area contributed by atoms with E-state index in [4.69, 9.17) is 17.3 Å². The highest BCUT2D eigenvalue weighted by Crippen LogP contribution is 2.36. The number of nitrogens with zero attached hydrogens (tertiary/aromatic N) is 3. The van der Waals surface area contributed by atoms with Crippen molar-refractivity contribution in [2.75, 3.05) is 24.7 Å². The van der Waals surface area contributed by atoms with Crippen molar-refractivity contribution < 1.29 is 18.0 Å². The number of aromatic nitrogens is 1. The minimum atomic E-state index is -4.65. The number of pyridine rings is 1. The van der Waals surface area contributed by atoms with Gasteiger partial charge in [0.05, 0.1) is 27.7 Å². The number of benzene rings is 2. The molecule has 0 aliphatic heterocycles. The molecule has 7 nitrogen and oxygen atoms in total. The summed E-state index contributed by atoms with van der Waals surface area (Å²) in [5.41, 5.74) is 8.29. The number of halogens is 4. The molecule has 0 spiro atoms. The number of amides is 1. The van der Waals surface area contributed by atoms with Gasteiger partial charge in [-0.1, -0.05) is 30.2 Å². The number of allylic oxidation sites excluding steroid dienone is 2. The summed E-state index contributed by atoms with van der Waals surface area (Å²) in [6.07, 6.45) is 0.0484. The molecule has 0 aliphatic rings. The van der Waals surface area contributed by atoms with Crippen LogP contribution in [0, 0.1) is 18.8 Å². The van der Waals surface area contributed by atoms with Crippen molar-refractivity contribution in [3.8, 4) is 11.8 Å². The van der Waals surface area contributed by atoms with Gasteiger partial charge < -0.3 is 16.4 Å². The number of anilines is 2. The number of carbonyl (C=O) groups excluding carboxylic acids is 1. The second-order valence-electron chi connectivity index (χ2n) is 8.35. The van der Waals surface area contributed by atoms with E-state index < -0.39 is 22.7 Å². The molecule has 4 N–H and O–H groups in total. The number of aryl methyl sites for hydroxylation is 1. The van der Waals surface area contributed by atoms with Crippen molar-refractivity contribution in [2.24, 2.45) is 15.7 Å². The van der Waals surface area contributed by atoms with Crippen LogP contribution in [0.25, 0.3) is 5.70 Å². The Balaban J connectivity index is 1.88. The molecule has 0 bridgehead atoms. The summed E-state index contributed by atoms with van der Waals surface area (Å²) in [6, 6.07) is 11.6. The average Bonchev–Trinajstić information content (AvgIpc) is 2.92. The lowest BCUT2D eigenvalue weighted by atomic mass is 10.0. The fourth-order valence-corrected chi connectivity index (χ4v) is 3.80. The molecule has 40 heavy (non-hydrogen) atoms. The first-order chi connectivity index (χ1) is 19.0. The van der Waals surface area contributed by atoms with Crippen LogP contribution in [-0.2, 0) is 6.18 Å². The van der Waals surface area contributed by atoms with Crippen molar-refractivity contribution in [1.82, 2.24) is 4.57 Å². The lowest BCUT2D eigenvalue weighted by Gasteiger charge is -2.12. The predicted octanol–water partition coefficient (Wildman–Crippen LogP) is 5.69. The van der Waals surface area contributed by atoms with Gasteiger partial charge in [0.1, 0.15) is 0 Å². The van der Waals surface area contributed by atoms with E-state index in [0.29, 0.717) is 28.1 Å². The summed E-state index contributed by atoms with van der Waals surface area (Å²) in [7, 11) is 3.25. The smallest absolute Gasteiger partial charge is 0.403 e. The molecule has 3 aromatic rings. The highest BCUT2D eigenvalue weighted by molar-refractivity contribution is 6.31. The van der Waals surface area contributed by atoms with E-state index in [9.17, 15) is 18.0 Å². The molecule has 2 aromatic carbocycles. The molecule has 1 aromatic heterocycles. The molecule has 0 aliphatic carbocycles. The van der Waals surface area contributed by atoms with Gasteiger partial charge in [-0.05, 0) is 60.9 Å². The topological polar surface area (TPSA) is 96.8 Å². The zero-order valence-corrected chi connectivity index (χ0v) is 22.7. The third-order valence-corrected chi connectivity index (χ3v) is 5.90. The SMILES string of the molecule is C=C(C#Cc1cc(C(=O)Nc2ccc(Cl)c(C(F)(F)F)c2)ccc1C)n1cccc(NC(C=NC)=CN)c1=NC. The molecule has 206 valence electrons. The second-order valence-corrected chi connectivity index (χ2v) is 8.75. The molecular weight excluding hydrogens is 541 g/mol. The van der Waals surface area contributed by atoms with E-state index in [0.717, 1.165) is 17.7 Å². The quantitative estimate of drug-likeness (QED) is 0.264. The molecular formula is C29H26ClF3N6O. The summed E-state index contributed by atoms with van der Waals surface area (Å²) in [5.74, 6) is 5.41. The standard InChI is InChI=1S/C29H26ClF3N6O/c1-18-7-9-21(28(40)38-22-11-12-25(30)24(15-22)29(31,32)33)14-20(18)10-8-19(2)39-13-5-6-26(27(39)36-4)37-23(16-34)17-35-3/h5-7,9,11-17,37H,2,34H2,1,3-4H3,(H,38,40). The van der Waals surface area contributed by atoms with E-state index in [1.54, 1.807) is 55.3 Å². The Labute approximate surface area is 234 Å². The summed E-state index contributed by atoms with van der Waals surface area (Å²) in [6.45, 7) is 5.88. The Kier molecular flexibility index (Phi) is 9.59. The molecule has 3 rings (SSSR count). The zero-order chi connectivity index (χ0) is 29.4. The van der Waals surface area contributed by atoms with Gasteiger partial charge in [-0.2, -0.15) is 13.2 Å². The number of hydrogen-bond donors (Lipinski definition) is 3. The van der Waals surface area contributed by atoms with Crippen molar-refractivity contribution in [1.29, 1.82) is 0 Å². The van der Waals surface area contributed by atoms with Crippen LogP contribution in [0.1, 0.15) is 27.0 Å². The fraction of sp³-hybridized carbons (Fsp3) is 0.138. The lowest BCUT2D eigenvalue weighted by Crippen LogP contribution is -2.23.